The Bertz CT molecular complexity index is 2140. The summed E-state index contributed by atoms with van der Waals surface area (Å²) in [4.78, 5) is 81.7. The van der Waals surface area contributed by atoms with Gasteiger partial charge in [0.2, 0.25) is 17.7 Å². The molecule has 0 bridgehead atoms. The van der Waals surface area contributed by atoms with Crippen molar-refractivity contribution in [3.8, 4) is 0 Å². The van der Waals surface area contributed by atoms with E-state index < -0.39 is 35.6 Å². The zero-order chi connectivity index (χ0) is 40.3. The molecule has 6 amide bonds. The number of aryl methyl sites for hydroxylation is 1. The van der Waals surface area contributed by atoms with Crippen LogP contribution in [0.1, 0.15) is 120 Å². The summed E-state index contributed by atoms with van der Waals surface area (Å²) in [5, 5.41) is 12.4. The number of unbranched alkanes of at least 4 members (excludes halogenated alkanes) is 8. The molecule has 2 aliphatic heterocycles. The first kappa shape index (κ1) is 40.7. The fourth-order valence-corrected chi connectivity index (χ4v) is 7.76. The molecule has 6 rings (SSSR count). The van der Waals surface area contributed by atoms with Crippen molar-refractivity contribution in [2.45, 2.75) is 96.4 Å². The number of hydrogen-bond acceptors (Lipinski definition) is 8. The average Bonchev–Trinajstić information content (AvgIpc) is 3.47. The molecular weight excluding hydrogens is 721 g/mol. The number of fused-ring (bicyclic) bond motifs is 2. The molecule has 0 spiro atoms. The van der Waals surface area contributed by atoms with E-state index in [1.807, 2.05) is 36.4 Å². The van der Waals surface area contributed by atoms with Gasteiger partial charge >= 0.3 is 0 Å². The number of aromatic nitrogens is 1. The van der Waals surface area contributed by atoms with Gasteiger partial charge in [-0.05, 0) is 73.6 Å². The summed E-state index contributed by atoms with van der Waals surface area (Å²) < 4.78 is 0. The van der Waals surface area contributed by atoms with Crippen molar-refractivity contribution in [2.75, 3.05) is 18.9 Å². The third-order valence-electron chi connectivity index (χ3n) is 10.9. The topological polar surface area (TPSA) is 167 Å². The van der Waals surface area contributed by atoms with Crippen LogP contribution in [0.5, 0.6) is 0 Å². The number of pyridine rings is 1. The van der Waals surface area contributed by atoms with Crippen LogP contribution < -0.4 is 21.3 Å². The van der Waals surface area contributed by atoms with Gasteiger partial charge in [-0.1, -0.05) is 88.3 Å². The van der Waals surface area contributed by atoms with Gasteiger partial charge in [0.1, 0.15) is 6.04 Å². The molecule has 4 aromatic rings. The maximum Gasteiger partial charge on any atom is 0.262 e. The van der Waals surface area contributed by atoms with Gasteiger partial charge in [0.25, 0.3) is 17.7 Å². The van der Waals surface area contributed by atoms with Crippen molar-refractivity contribution in [2.24, 2.45) is 5.92 Å². The second-order valence-corrected chi connectivity index (χ2v) is 15.1. The van der Waals surface area contributed by atoms with Crippen LogP contribution in [0.3, 0.4) is 0 Å². The molecule has 1 aromatic heterocycles. The molecule has 12 nitrogen and oxygen atoms in total. The van der Waals surface area contributed by atoms with Gasteiger partial charge in [-0.3, -0.25) is 44.0 Å². The number of hydrogen-bond donors (Lipinski definition) is 4. The van der Waals surface area contributed by atoms with E-state index in [1.54, 1.807) is 38.4 Å². The van der Waals surface area contributed by atoms with E-state index in [0.29, 0.717) is 17.7 Å². The molecule has 4 N–H and O–H groups in total. The first-order valence-corrected chi connectivity index (χ1v) is 20.2. The third kappa shape index (κ3) is 9.91. The minimum absolute atomic E-state index is 0.0578. The number of nitrogens with one attached hydrogen (secondary N) is 4. The summed E-state index contributed by atoms with van der Waals surface area (Å²) in [5.74, 6) is -2.88. The minimum atomic E-state index is -1.03. The molecule has 298 valence electrons. The molecule has 2 atom stereocenters. The molecule has 3 aromatic carbocycles. The van der Waals surface area contributed by atoms with Crippen LogP contribution in [-0.4, -0.2) is 65.0 Å². The Hall–Kier alpha value is -5.91. The van der Waals surface area contributed by atoms with Crippen molar-refractivity contribution in [3.63, 3.8) is 0 Å². The van der Waals surface area contributed by atoms with Crippen molar-refractivity contribution in [1.29, 1.82) is 0 Å². The average molecular weight is 773 g/mol. The van der Waals surface area contributed by atoms with Crippen LogP contribution >= 0.6 is 0 Å². The molecule has 12 heteroatoms. The smallest absolute Gasteiger partial charge is 0.262 e. The number of nitrogens with zero attached hydrogens (tertiary/aromatic N) is 2. The Morgan fingerprint density at radius 2 is 1.58 bits per heavy atom. The summed E-state index contributed by atoms with van der Waals surface area (Å²) in [6, 6.07) is 20.1. The van der Waals surface area contributed by atoms with Crippen molar-refractivity contribution < 1.29 is 28.8 Å². The normalized spacial score (nSPS) is 15.7. The lowest BCUT2D eigenvalue weighted by atomic mass is 9.94. The lowest BCUT2D eigenvalue weighted by Gasteiger charge is -2.27. The minimum Gasteiger partial charge on any atom is -0.356 e. The molecule has 2 aliphatic rings. The van der Waals surface area contributed by atoms with E-state index in [1.165, 1.54) is 24.8 Å². The van der Waals surface area contributed by atoms with Crippen molar-refractivity contribution in [1.82, 2.24) is 25.8 Å². The number of benzene rings is 3. The van der Waals surface area contributed by atoms with Gasteiger partial charge in [-0.2, -0.15) is 0 Å². The highest BCUT2D eigenvalue weighted by Gasteiger charge is 2.45. The number of rotatable bonds is 19. The molecule has 1 fully saturated rings. The molecule has 1 unspecified atom stereocenters. The Kier molecular flexibility index (Phi) is 13.8. The molecule has 0 saturated carbocycles. The van der Waals surface area contributed by atoms with Crippen LogP contribution in [0.4, 0.5) is 11.4 Å². The Labute approximate surface area is 333 Å². The van der Waals surface area contributed by atoms with Gasteiger partial charge in [0.05, 0.1) is 27.9 Å². The summed E-state index contributed by atoms with van der Waals surface area (Å²) in [6.07, 6.45) is 13.0. The van der Waals surface area contributed by atoms with E-state index in [-0.39, 0.29) is 42.2 Å². The largest absolute Gasteiger partial charge is 0.356 e. The highest BCUT2D eigenvalue weighted by Crippen LogP contribution is 2.32. The van der Waals surface area contributed by atoms with Gasteiger partial charge in [-0.25, -0.2) is 0 Å². The highest BCUT2D eigenvalue weighted by atomic mass is 16.2. The fourth-order valence-electron chi connectivity index (χ4n) is 7.76. The fraction of sp³-hybridized carbons (Fsp3) is 0.400. The standard InChI is InChI=1S/C45H52N6O6/c1-29(26-31-17-15-20-33-39(31)45(57)51(44(33)56)37-23-24-38(52)50-43(37)55)41(53)47-25-14-9-7-5-3-4-6-8-11-16-30-21-22-36-34(27-30)40(35(28-48-36)42(54)46-2)49-32-18-12-10-13-19-32/h10,12-13,15,17-22,27-29,37H,3-9,11,14,16,23-26H2,1-2H3,(H,46,54)(H,47,53)(H,48,49)(H,50,52,55)/t29-,37?/m0/s1. The van der Waals surface area contributed by atoms with Gasteiger partial charge < -0.3 is 16.0 Å². The third-order valence-corrected chi connectivity index (χ3v) is 10.9. The maximum absolute atomic E-state index is 13.4. The van der Waals surface area contributed by atoms with Crippen molar-refractivity contribution >= 4 is 57.7 Å². The SMILES string of the molecule is CNC(=O)c1cnc2ccc(CCCCCCCCCCCNC(=O)[C@@H](C)Cc3cccc4c3C(=O)N(C3CCC(=O)NC3=O)C4=O)cc2c1Nc1ccccc1. The van der Waals surface area contributed by atoms with Crippen LogP contribution in [0, 0.1) is 5.92 Å². The van der Waals surface area contributed by atoms with E-state index in [2.05, 4.69) is 38.4 Å². The van der Waals surface area contributed by atoms with Gasteiger partial charge in [0, 0.05) is 43.2 Å². The maximum atomic E-state index is 13.4. The Morgan fingerprint density at radius 1 is 0.860 bits per heavy atom. The van der Waals surface area contributed by atoms with Crippen LogP contribution in [0.25, 0.3) is 10.9 Å². The predicted molar refractivity (Wildman–Crippen MR) is 219 cm³/mol. The highest BCUT2D eigenvalue weighted by molar-refractivity contribution is 6.24. The number of para-hydroxylation sites is 1. The first-order chi connectivity index (χ1) is 27.7. The summed E-state index contributed by atoms with van der Waals surface area (Å²) in [7, 11) is 1.63. The second-order valence-electron chi connectivity index (χ2n) is 15.1. The zero-order valence-corrected chi connectivity index (χ0v) is 32.8. The second kappa shape index (κ2) is 19.3. The van der Waals surface area contributed by atoms with Crippen molar-refractivity contribution in [3.05, 3.63) is 101 Å². The van der Waals surface area contributed by atoms with Crippen LogP contribution in [0.15, 0.2) is 72.9 Å². The van der Waals surface area contributed by atoms with E-state index in [9.17, 15) is 28.8 Å². The number of carbonyl (C=O) groups excluding carboxylic acids is 6. The molecule has 0 radical (unpaired) electrons. The van der Waals surface area contributed by atoms with Crippen LogP contribution in [-0.2, 0) is 27.2 Å². The number of amides is 6. The Balaban J connectivity index is 0.861. The Morgan fingerprint density at radius 3 is 2.30 bits per heavy atom. The lowest BCUT2D eigenvalue weighted by Crippen LogP contribution is -2.54. The monoisotopic (exact) mass is 772 g/mol. The molecule has 0 aliphatic carbocycles. The summed E-state index contributed by atoms with van der Waals surface area (Å²) >= 11 is 0. The molecule has 3 heterocycles. The number of imide groups is 2. The number of anilines is 2. The number of piperidine rings is 1. The summed E-state index contributed by atoms with van der Waals surface area (Å²) in [6.45, 7) is 2.39. The van der Waals surface area contributed by atoms with E-state index in [4.69, 9.17) is 0 Å². The van der Waals surface area contributed by atoms with Gasteiger partial charge in [0.15, 0.2) is 0 Å². The zero-order valence-electron chi connectivity index (χ0n) is 32.8. The van der Waals surface area contributed by atoms with Crippen LogP contribution in [0.2, 0.25) is 0 Å². The molecular formula is C45H52N6O6. The molecule has 57 heavy (non-hydrogen) atoms. The number of carbonyl (C=O) groups is 6. The quantitative estimate of drug-likeness (QED) is 0.0598. The van der Waals surface area contributed by atoms with E-state index >= 15 is 0 Å². The predicted octanol–water partition coefficient (Wildman–Crippen LogP) is 6.79. The summed E-state index contributed by atoms with van der Waals surface area (Å²) in [5.41, 5.74) is 5.30. The first-order valence-electron chi connectivity index (χ1n) is 20.2. The van der Waals surface area contributed by atoms with E-state index in [0.717, 1.165) is 72.1 Å². The molecule has 1 saturated heterocycles. The lowest BCUT2D eigenvalue weighted by molar-refractivity contribution is -0.136. The van der Waals surface area contributed by atoms with Gasteiger partial charge in [-0.15, -0.1) is 0 Å².